The van der Waals surface area contributed by atoms with Crippen LogP contribution < -0.4 is 33.5 Å². The van der Waals surface area contributed by atoms with Gasteiger partial charge in [-0.15, -0.1) is 0 Å². The second-order valence-electron chi connectivity index (χ2n) is 6.91. The Morgan fingerprint density at radius 2 is 1.48 bits per heavy atom. The Bertz CT molecular complexity index is 672. The second-order valence-corrected chi connectivity index (χ2v) is 7.83. The number of quaternary nitrogens is 1. The van der Waals surface area contributed by atoms with Crippen LogP contribution in [0.4, 0.5) is 0 Å². The summed E-state index contributed by atoms with van der Waals surface area (Å²) in [6, 6.07) is 16.4. The molecular formula is C22H31BrINO2. The Balaban J connectivity index is 0.00000182. The van der Waals surface area contributed by atoms with E-state index in [1.807, 2.05) is 30.3 Å². The fourth-order valence-electron chi connectivity index (χ4n) is 3.52. The van der Waals surface area contributed by atoms with Crippen molar-refractivity contribution in [3.05, 3.63) is 58.6 Å². The van der Waals surface area contributed by atoms with Crippen LogP contribution in [0.3, 0.4) is 0 Å². The summed E-state index contributed by atoms with van der Waals surface area (Å²) in [6.07, 6.45) is 2.62. The molecule has 1 aliphatic rings. The topological polar surface area (TPSA) is 18.5 Å². The minimum absolute atomic E-state index is 0. The fraction of sp³-hybridized carbons (Fsp3) is 0.455. The van der Waals surface area contributed by atoms with Gasteiger partial charge < -0.3 is 37.9 Å². The van der Waals surface area contributed by atoms with Gasteiger partial charge in [0, 0.05) is 17.3 Å². The number of aryl methyl sites for hydroxylation is 1. The molecule has 0 aromatic heterocycles. The quantitative estimate of drug-likeness (QED) is 0.373. The minimum atomic E-state index is 0. The zero-order valence-corrected chi connectivity index (χ0v) is 19.0. The molecule has 0 atom stereocenters. The summed E-state index contributed by atoms with van der Waals surface area (Å²) < 4.78 is 14.1. The SMILES string of the molecule is C.Cc1cccc(OCC[N+]2(CCOc3ccc(Br)cc3)CCCC2)c1.[I-]. The van der Waals surface area contributed by atoms with Gasteiger partial charge in [-0.2, -0.15) is 0 Å². The number of hydrogen-bond donors (Lipinski definition) is 0. The lowest BCUT2D eigenvalue weighted by Crippen LogP contribution is -3.00. The first-order valence-corrected chi connectivity index (χ1v) is 9.88. The minimum Gasteiger partial charge on any atom is -1.00 e. The van der Waals surface area contributed by atoms with Gasteiger partial charge in [0.15, 0.2) is 0 Å². The maximum absolute atomic E-state index is 5.99. The molecule has 0 amide bonds. The molecule has 3 nitrogen and oxygen atoms in total. The van der Waals surface area contributed by atoms with Gasteiger partial charge in [0.05, 0.1) is 13.1 Å². The lowest BCUT2D eigenvalue weighted by atomic mass is 10.2. The van der Waals surface area contributed by atoms with Crippen molar-refractivity contribution in [3.63, 3.8) is 0 Å². The molecule has 5 heteroatoms. The molecule has 1 fully saturated rings. The van der Waals surface area contributed by atoms with E-state index < -0.39 is 0 Å². The summed E-state index contributed by atoms with van der Waals surface area (Å²) >= 11 is 3.46. The standard InChI is InChI=1S/C21H27BrNO2.CH4.HI/c1-18-5-4-6-21(17-18)25-16-14-23(11-2-3-12-23)13-15-24-20-9-7-19(22)8-10-20;;/h4-10,17H,2-3,11-16H2,1H3;1H4;1H/q+1;;/p-1. The molecule has 2 aromatic rings. The number of ether oxygens (including phenoxy) is 2. The van der Waals surface area contributed by atoms with Gasteiger partial charge in [-0.05, 0) is 48.9 Å². The number of halogens is 2. The number of benzene rings is 2. The van der Waals surface area contributed by atoms with Crippen LogP contribution in [0.25, 0.3) is 0 Å². The Labute approximate surface area is 189 Å². The highest BCUT2D eigenvalue weighted by Gasteiger charge is 2.31. The lowest BCUT2D eigenvalue weighted by Gasteiger charge is -2.34. The third-order valence-corrected chi connectivity index (χ3v) is 5.52. The predicted octanol–water partition coefficient (Wildman–Crippen LogP) is 2.47. The van der Waals surface area contributed by atoms with Crippen LogP contribution in [0.15, 0.2) is 53.0 Å². The molecule has 0 saturated carbocycles. The molecule has 0 bridgehead atoms. The van der Waals surface area contributed by atoms with Crippen LogP contribution in [0.2, 0.25) is 0 Å². The summed E-state index contributed by atoms with van der Waals surface area (Å²) in [5, 5.41) is 0. The van der Waals surface area contributed by atoms with Crippen molar-refractivity contribution in [2.24, 2.45) is 0 Å². The molecule has 150 valence electrons. The molecule has 1 aliphatic heterocycles. The van der Waals surface area contributed by atoms with Crippen molar-refractivity contribution >= 4 is 15.9 Å². The molecule has 0 N–H and O–H groups in total. The monoisotopic (exact) mass is 547 g/mol. The smallest absolute Gasteiger partial charge is 0.137 e. The van der Waals surface area contributed by atoms with Crippen LogP contribution in [0.5, 0.6) is 11.5 Å². The summed E-state index contributed by atoms with van der Waals surface area (Å²) in [6.45, 7) is 8.20. The molecule has 3 rings (SSSR count). The third kappa shape index (κ3) is 7.62. The first-order chi connectivity index (χ1) is 12.2. The van der Waals surface area contributed by atoms with Crippen LogP contribution in [-0.2, 0) is 0 Å². The Morgan fingerprint density at radius 1 is 0.889 bits per heavy atom. The van der Waals surface area contributed by atoms with E-state index in [4.69, 9.17) is 9.47 Å². The van der Waals surface area contributed by atoms with Crippen molar-refractivity contribution in [2.45, 2.75) is 27.2 Å². The number of rotatable bonds is 8. The van der Waals surface area contributed by atoms with E-state index in [-0.39, 0.29) is 31.4 Å². The van der Waals surface area contributed by atoms with Crippen LogP contribution in [0.1, 0.15) is 25.8 Å². The number of hydrogen-bond acceptors (Lipinski definition) is 2. The van der Waals surface area contributed by atoms with Crippen molar-refractivity contribution in [1.82, 2.24) is 0 Å². The van der Waals surface area contributed by atoms with Gasteiger partial charge in [-0.3, -0.25) is 0 Å². The molecule has 0 spiro atoms. The first-order valence-electron chi connectivity index (χ1n) is 9.08. The largest absolute Gasteiger partial charge is 1.00 e. The van der Waals surface area contributed by atoms with Crippen molar-refractivity contribution in [3.8, 4) is 11.5 Å². The van der Waals surface area contributed by atoms with E-state index in [1.165, 1.54) is 31.5 Å². The zero-order valence-electron chi connectivity index (χ0n) is 15.3. The predicted molar refractivity (Wildman–Crippen MR) is 112 cm³/mol. The molecule has 1 saturated heterocycles. The molecule has 1 heterocycles. The highest BCUT2D eigenvalue weighted by molar-refractivity contribution is 9.10. The Morgan fingerprint density at radius 3 is 2.07 bits per heavy atom. The Kier molecular flexibility index (Phi) is 10.7. The van der Waals surface area contributed by atoms with E-state index in [2.05, 4.69) is 41.1 Å². The molecule has 27 heavy (non-hydrogen) atoms. The molecule has 2 aromatic carbocycles. The molecule has 0 unspecified atom stereocenters. The Hall–Kier alpha value is -0.790. The van der Waals surface area contributed by atoms with Gasteiger partial charge >= 0.3 is 0 Å². The first kappa shape index (κ1) is 24.2. The summed E-state index contributed by atoms with van der Waals surface area (Å²) in [5.41, 5.74) is 1.24. The number of nitrogens with zero attached hydrogens (tertiary/aromatic N) is 1. The fourth-order valence-corrected chi connectivity index (χ4v) is 3.78. The van der Waals surface area contributed by atoms with E-state index in [9.17, 15) is 0 Å². The van der Waals surface area contributed by atoms with Crippen molar-refractivity contribution in [1.29, 1.82) is 0 Å². The number of likely N-dealkylation sites (tertiary alicyclic amines) is 1. The molecule has 0 aliphatic carbocycles. The normalized spacial score (nSPS) is 14.7. The van der Waals surface area contributed by atoms with Gasteiger partial charge in [0.2, 0.25) is 0 Å². The van der Waals surface area contributed by atoms with Gasteiger partial charge in [0.25, 0.3) is 0 Å². The average molecular weight is 548 g/mol. The lowest BCUT2D eigenvalue weighted by molar-refractivity contribution is -0.916. The van der Waals surface area contributed by atoms with Gasteiger partial charge in [0.1, 0.15) is 37.8 Å². The second kappa shape index (κ2) is 11.9. The summed E-state index contributed by atoms with van der Waals surface area (Å²) in [4.78, 5) is 0. The summed E-state index contributed by atoms with van der Waals surface area (Å²) in [7, 11) is 0. The van der Waals surface area contributed by atoms with Gasteiger partial charge in [-0.25, -0.2) is 0 Å². The highest BCUT2D eigenvalue weighted by atomic mass is 127. The highest BCUT2D eigenvalue weighted by Crippen LogP contribution is 2.21. The maximum atomic E-state index is 5.99. The zero-order chi connectivity index (χ0) is 17.5. The summed E-state index contributed by atoms with van der Waals surface area (Å²) in [5.74, 6) is 1.92. The van der Waals surface area contributed by atoms with Crippen LogP contribution >= 0.6 is 15.9 Å². The van der Waals surface area contributed by atoms with Crippen molar-refractivity contribution in [2.75, 3.05) is 39.4 Å². The van der Waals surface area contributed by atoms with E-state index >= 15 is 0 Å². The van der Waals surface area contributed by atoms with E-state index in [0.717, 1.165) is 46.8 Å². The van der Waals surface area contributed by atoms with E-state index in [0.29, 0.717) is 0 Å². The third-order valence-electron chi connectivity index (χ3n) is 4.99. The maximum Gasteiger partial charge on any atom is 0.137 e. The van der Waals surface area contributed by atoms with E-state index in [1.54, 1.807) is 0 Å². The van der Waals surface area contributed by atoms with Crippen LogP contribution in [-0.4, -0.2) is 43.9 Å². The average Bonchev–Trinajstić information content (AvgIpc) is 3.06. The molecule has 0 radical (unpaired) electrons. The van der Waals surface area contributed by atoms with Crippen molar-refractivity contribution < 1.29 is 37.9 Å². The van der Waals surface area contributed by atoms with Crippen LogP contribution in [0, 0.1) is 6.92 Å². The molecular weight excluding hydrogens is 517 g/mol. The van der Waals surface area contributed by atoms with Gasteiger partial charge in [-0.1, -0.05) is 35.5 Å².